The Morgan fingerprint density at radius 1 is 1.19 bits per heavy atom. The van der Waals surface area contributed by atoms with Gasteiger partial charge in [0, 0.05) is 29.2 Å². The van der Waals surface area contributed by atoms with Crippen LogP contribution in [0.15, 0.2) is 10.6 Å². The largest absolute Gasteiger partial charge is 0.477 e. The highest BCUT2D eigenvalue weighted by molar-refractivity contribution is 8.03. The number of fused-ring (bicyclic) bond motifs is 1. The summed E-state index contributed by atoms with van der Waals surface area (Å²) in [5.74, 6) is -0.0319. The Bertz CT molecular complexity index is 731. The van der Waals surface area contributed by atoms with Crippen molar-refractivity contribution in [1.29, 1.82) is 0 Å². The molecule has 2 saturated heterocycles. The molecular formula is C24H38N2O4S. The predicted octanol–water partition coefficient (Wildman–Crippen LogP) is 3.55. The van der Waals surface area contributed by atoms with Gasteiger partial charge < -0.3 is 20.0 Å². The smallest absolute Gasteiger partial charge is 0.353 e. The zero-order valence-corrected chi connectivity index (χ0v) is 19.9. The van der Waals surface area contributed by atoms with E-state index in [4.69, 9.17) is 0 Å². The third-order valence-corrected chi connectivity index (χ3v) is 9.55. The number of nitrogens with zero attached hydrogens (tertiary/aromatic N) is 2. The molecule has 6 nitrogen and oxygen atoms in total. The van der Waals surface area contributed by atoms with Crippen LogP contribution >= 0.6 is 11.8 Å². The van der Waals surface area contributed by atoms with Crippen LogP contribution in [-0.4, -0.2) is 68.9 Å². The molecular weight excluding hydrogens is 412 g/mol. The number of likely N-dealkylation sites (tertiary alicyclic amines) is 1. The monoisotopic (exact) mass is 450 g/mol. The Balaban J connectivity index is 1.34. The number of aliphatic carboxylic acids is 1. The number of rotatable bonds is 8. The molecule has 4 rings (SSSR count). The van der Waals surface area contributed by atoms with Crippen molar-refractivity contribution in [3.05, 3.63) is 10.6 Å². The standard InChI is InChI=1S/C24H38N2O4S/c1-4-5-16-6-8-17(9-7-16)12-25-11-10-18(13-25)31-22-14(2)20-19(15(3)27)23(28)26(20)21(22)24(29)30/h14-20,27H,4-13H2,1-3H3,(H,29,30)/t14-,15-,16?,17?,18-,19-,20-/m1/s1. The highest BCUT2D eigenvalue weighted by Gasteiger charge is 2.60. The predicted molar refractivity (Wildman–Crippen MR) is 122 cm³/mol. The van der Waals surface area contributed by atoms with Gasteiger partial charge in [0.05, 0.1) is 18.1 Å². The lowest BCUT2D eigenvalue weighted by Crippen LogP contribution is -2.63. The van der Waals surface area contributed by atoms with E-state index in [0.717, 1.165) is 36.3 Å². The topological polar surface area (TPSA) is 81.1 Å². The van der Waals surface area contributed by atoms with Crippen LogP contribution in [0.2, 0.25) is 0 Å². The molecule has 5 atom stereocenters. The molecule has 0 bridgehead atoms. The van der Waals surface area contributed by atoms with Crippen molar-refractivity contribution in [3.8, 4) is 0 Å². The molecule has 3 heterocycles. The number of thioether (sulfide) groups is 1. The van der Waals surface area contributed by atoms with E-state index in [2.05, 4.69) is 11.8 Å². The van der Waals surface area contributed by atoms with Gasteiger partial charge in [0.25, 0.3) is 0 Å². The van der Waals surface area contributed by atoms with Gasteiger partial charge in [-0.15, -0.1) is 11.8 Å². The number of aliphatic hydroxyl groups excluding tert-OH is 1. The van der Waals surface area contributed by atoms with Crippen LogP contribution in [0.25, 0.3) is 0 Å². The van der Waals surface area contributed by atoms with Crippen molar-refractivity contribution in [2.45, 2.75) is 83.1 Å². The normalized spacial score (nSPS) is 37.2. The van der Waals surface area contributed by atoms with Gasteiger partial charge in [-0.3, -0.25) is 4.79 Å². The number of aliphatic hydroxyl groups is 1. The van der Waals surface area contributed by atoms with Crippen LogP contribution in [0.1, 0.15) is 65.7 Å². The maximum Gasteiger partial charge on any atom is 0.353 e. The molecule has 4 aliphatic rings. The van der Waals surface area contributed by atoms with Gasteiger partial charge in [0.2, 0.25) is 5.91 Å². The fraction of sp³-hybridized carbons (Fsp3) is 0.833. The molecule has 3 fully saturated rings. The summed E-state index contributed by atoms with van der Waals surface area (Å²) in [5.41, 5.74) is 0.164. The van der Waals surface area contributed by atoms with Gasteiger partial charge in [0.1, 0.15) is 5.70 Å². The minimum absolute atomic E-state index is 0.0312. The molecule has 1 saturated carbocycles. The fourth-order valence-electron chi connectivity index (χ4n) is 6.39. The summed E-state index contributed by atoms with van der Waals surface area (Å²) in [6.07, 6.45) is 8.47. The van der Waals surface area contributed by atoms with E-state index in [-0.39, 0.29) is 23.6 Å². The second-order valence-corrected chi connectivity index (χ2v) is 11.6. The summed E-state index contributed by atoms with van der Waals surface area (Å²) >= 11 is 1.68. The maximum atomic E-state index is 12.5. The van der Waals surface area contributed by atoms with E-state index in [1.807, 2.05) is 6.92 Å². The van der Waals surface area contributed by atoms with E-state index in [0.29, 0.717) is 5.25 Å². The van der Waals surface area contributed by atoms with E-state index in [1.165, 1.54) is 50.0 Å². The zero-order chi connectivity index (χ0) is 22.3. The van der Waals surface area contributed by atoms with Crippen molar-refractivity contribution < 1.29 is 19.8 Å². The van der Waals surface area contributed by atoms with Gasteiger partial charge in [-0.1, -0.05) is 39.5 Å². The number of amides is 1. The van der Waals surface area contributed by atoms with Crippen molar-refractivity contribution in [2.24, 2.45) is 23.7 Å². The van der Waals surface area contributed by atoms with Crippen molar-refractivity contribution in [3.63, 3.8) is 0 Å². The first-order valence-electron chi connectivity index (χ1n) is 12.2. The minimum Gasteiger partial charge on any atom is -0.477 e. The second-order valence-electron chi connectivity index (χ2n) is 10.2. The molecule has 0 aromatic heterocycles. The van der Waals surface area contributed by atoms with Gasteiger partial charge in [-0.25, -0.2) is 4.79 Å². The van der Waals surface area contributed by atoms with Crippen LogP contribution in [0.3, 0.4) is 0 Å². The van der Waals surface area contributed by atoms with E-state index in [1.54, 1.807) is 18.7 Å². The zero-order valence-electron chi connectivity index (χ0n) is 19.1. The number of carboxylic acid groups (broad SMARTS) is 1. The third kappa shape index (κ3) is 4.42. The Morgan fingerprint density at radius 2 is 1.87 bits per heavy atom. The summed E-state index contributed by atoms with van der Waals surface area (Å²) < 4.78 is 0. The van der Waals surface area contributed by atoms with Crippen LogP contribution in [0, 0.1) is 23.7 Å². The SMILES string of the molecule is CCCC1CCC(CN2CC[C@@H](SC3=C(C(=O)O)N4C(=O)[C@H]([C@@H](C)O)[C@H]4[C@H]3C)C2)CC1. The Labute approximate surface area is 190 Å². The van der Waals surface area contributed by atoms with E-state index < -0.39 is 18.0 Å². The molecule has 7 heteroatoms. The molecule has 1 aliphatic carbocycles. The first-order chi connectivity index (χ1) is 14.8. The molecule has 0 spiro atoms. The lowest BCUT2D eigenvalue weighted by Gasteiger charge is -2.46. The summed E-state index contributed by atoms with van der Waals surface area (Å²) in [6, 6.07) is -0.211. The first-order valence-corrected chi connectivity index (χ1v) is 13.1. The summed E-state index contributed by atoms with van der Waals surface area (Å²) in [5, 5.41) is 20.2. The van der Waals surface area contributed by atoms with E-state index in [9.17, 15) is 19.8 Å². The highest BCUT2D eigenvalue weighted by Crippen LogP contribution is 2.52. The molecule has 3 aliphatic heterocycles. The van der Waals surface area contributed by atoms with Crippen molar-refractivity contribution in [1.82, 2.24) is 9.80 Å². The lowest BCUT2D eigenvalue weighted by atomic mass is 9.79. The van der Waals surface area contributed by atoms with Crippen LogP contribution in [0.4, 0.5) is 0 Å². The average molecular weight is 451 g/mol. The maximum absolute atomic E-state index is 12.5. The summed E-state index contributed by atoms with van der Waals surface area (Å²) in [7, 11) is 0. The summed E-state index contributed by atoms with van der Waals surface area (Å²) in [6.45, 7) is 9.18. The highest BCUT2D eigenvalue weighted by atomic mass is 32.2. The number of carbonyl (C=O) groups is 2. The van der Waals surface area contributed by atoms with Gasteiger partial charge in [-0.2, -0.15) is 0 Å². The molecule has 0 aromatic carbocycles. The van der Waals surface area contributed by atoms with Crippen molar-refractivity contribution >= 4 is 23.6 Å². The lowest BCUT2D eigenvalue weighted by molar-refractivity contribution is -0.163. The molecule has 1 amide bonds. The Morgan fingerprint density at radius 3 is 2.48 bits per heavy atom. The molecule has 0 radical (unpaired) electrons. The molecule has 0 unspecified atom stereocenters. The Kier molecular flexibility index (Phi) is 7.04. The number of carbonyl (C=O) groups excluding carboxylic acids is 1. The molecule has 2 N–H and O–H groups in total. The number of carboxylic acids is 1. The first kappa shape index (κ1) is 23.1. The minimum atomic E-state index is -1.02. The number of hydrogen-bond donors (Lipinski definition) is 2. The third-order valence-electron chi connectivity index (χ3n) is 8.01. The van der Waals surface area contributed by atoms with Crippen LogP contribution < -0.4 is 0 Å². The quantitative estimate of drug-likeness (QED) is 0.551. The Hall–Kier alpha value is -1.05. The molecule has 31 heavy (non-hydrogen) atoms. The van der Waals surface area contributed by atoms with Crippen LogP contribution in [0.5, 0.6) is 0 Å². The van der Waals surface area contributed by atoms with Gasteiger partial charge >= 0.3 is 5.97 Å². The van der Waals surface area contributed by atoms with Crippen LogP contribution in [-0.2, 0) is 9.59 Å². The number of β-lactam (4-membered cyclic amide) rings is 1. The van der Waals surface area contributed by atoms with Crippen molar-refractivity contribution in [2.75, 3.05) is 19.6 Å². The fourth-order valence-corrected chi connectivity index (χ4v) is 7.91. The van der Waals surface area contributed by atoms with Gasteiger partial charge in [0.15, 0.2) is 0 Å². The molecule has 0 aromatic rings. The van der Waals surface area contributed by atoms with Gasteiger partial charge in [-0.05, 0) is 44.6 Å². The average Bonchev–Trinajstić information content (AvgIpc) is 3.25. The summed E-state index contributed by atoms with van der Waals surface area (Å²) in [4.78, 5) is 29.4. The number of hydrogen-bond acceptors (Lipinski definition) is 5. The second kappa shape index (κ2) is 9.44. The molecule has 174 valence electrons. The van der Waals surface area contributed by atoms with E-state index >= 15 is 0 Å².